The Morgan fingerprint density at radius 2 is 2.00 bits per heavy atom. The first-order valence-corrected chi connectivity index (χ1v) is 11.8. The summed E-state index contributed by atoms with van der Waals surface area (Å²) in [6, 6.07) is 14.9. The Labute approximate surface area is 198 Å². The van der Waals surface area contributed by atoms with E-state index in [9.17, 15) is 9.59 Å². The van der Waals surface area contributed by atoms with Crippen molar-refractivity contribution in [3.8, 4) is 5.75 Å². The molecule has 33 heavy (non-hydrogen) atoms. The molecule has 1 aromatic heterocycles. The van der Waals surface area contributed by atoms with Crippen molar-refractivity contribution in [1.29, 1.82) is 0 Å². The summed E-state index contributed by atoms with van der Waals surface area (Å²) in [5, 5.41) is 8.79. The monoisotopic (exact) mass is 463 g/mol. The molecular weight excluding hydrogens is 434 g/mol. The maximum absolute atomic E-state index is 12.4. The minimum absolute atomic E-state index is 0.109. The minimum atomic E-state index is -0.227. The number of nitrogens with zero attached hydrogens (tertiary/aromatic N) is 1. The van der Waals surface area contributed by atoms with E-state index in [-0.39, 0.29) is 17.9 Å². The second kappa shape index (κ2) is 12.0. The second-order valence-electron chi connectivity index (χ2n) is 7.72. The van der Waals surface area contributed by atoms with E-state index in [2.05, 4.69) is 15.6 Å². The van der Waals surface area contributed by atoms with Crippen LogP contribution in [-0.2, 0) is 17.9 Å². The van der Waals surface area contributed by atoms with Crippen LogP contribution in [0.1, 0.15) is 52.5 Å². The Hall–Kier alpha value is -3.45. The van der Waals surface area contributed by atoms with Crippen molar-refractivity contribution in [1.82, 2.24) is 15.6 Å². The van der Waals surface area contributed by atoms with Crippen LogP contribution >= 0.6 is 11.3 Å². The number of aryl methyl sites for hydroxylation is 1. The van der Waals surface area contributed by atoms with E-state index in [0.29, 0.717) is 24.5 Å². The molecule has 0 aliphatic heterocycles. The first kappa shape index (κ1) is 24.2. The van der Waals surface area contributed by atoms with E-state index in [4.69, 9.17) is 4.74 Å². The fraction of sp³-hybridized carbons (Fsp3) is 0.269. The highest BCUT2D eigenvalue weighted by molar-refractivity contribution is 7.09. The van der Waals surface area contributed by atoms with Crippen LogP contribution in [-0.4, -0.2) is 22.8 Å². The Morgan fingerprint density at radius 3 is 2.76 bits per heavy atom. The van der Waals surface area contributed by atoms with Gasteiger partial charge in [0, 0.05) is 35.2 Å². The first-order chi connectivity index (χ1) is 15.9. The largest absolute Gasteiger partial charge is 0.487 e. The van der Waals surface area contributed by atoms with Crippen LogP contribution in [0.15, 0.2) is 60.0 Å². The van der Waals surface area contributed by atoms with Crippen molar-refractivity contribution in [3.63, 3.8) is 0 Å². The van der Waals surface area contributed by atoms with Gasteiger partial charge in [-0.25, -0.2) is 4.98 Å². The van der Waals surface area contributed by atoms with Gasteiger partial charge < -0.3 is 15.4 Å². The normalized spacial score (nSPS) is 11.8. The third-order valence-corrected chi connectivity index (χ3v) is 5.84. The first-order valence-electron chi connectivity index (χ1n) is 10.9. The molecule has 2 aromatic carbocycles. The van der Waals surface area contributed by atoms with Gasteiger partial charge in [-0.15, -0.1) is 11.3 Å². The van der Waals surface area contributed by atoms with Gasteiger partial charge in [0.15, 0.2) is 0 Å². The molecule has 172 valence electrons. The number of aromatic nitrogens is 1. The second-order valence-corrected chi connectivity index (χ2v) is 8.78. The number of rotatable bonds is 10. The number of hydrogen-bond acceptors (Lipinski definition) is 5. The number of thiazole rings is 1. The minimum Gasteiger partial charge on any atom is -0.487 e. The SMILES string of the molecule is CCC(C)NC(=O)c1cccc(CNC(=O)/C=C/c2ccccc2OCc2csc(C)n2)c1. The van der Waals surface area contributed by atoms with E-state index < -0.39 is 0 Å². The van der Waals surface area contributed by atoms with Crippen LogP contribution in [0.2, 0.25) is 0 Å². The Kier molecular flexibility index (Phi) is 8.78. The van der Waals surface area contributed by atoms with E-state index in [1.165, 1.54) is 6.08 Å². The third-order valence-electron chi connectivity index (χ3n) is 5.02. The molecule has 6 nitrogen and oxygen atoms in total. The predicted octanol–water partition coefficient (Wildman–Crippen LogP) is 4.89. The molecule has 3 aromatic rings. The Morgan fingerprint density at radius 1 is 1.18 bits per heavy atom. The topological polar surface area (TPSA) is 80.3 Å². The maximum Gasteiger partial charge on any atom is 0.251 e. The highest BCUT2D eigenvalue weighted by Gasteiger charge is 2.09. The zero-order valence-electron chi connectivity index (χ0n) is 19.1. The molecule has 0 radical (unpaired) electrons. The maximum atomic E-state index is 12.4. The highest BCUT2D eigenvalue weighted by atomic mass is 32.1. The number of benzene rings is 2. The van der Waals surface area contributed by atoms with Crippen molar-refractivity contribution in [2.45, 2.75) is 46.4 Å². The van der Waals surface area contributed by atoms with Gasteiger partial charge in [0.25, 0.3) is 5.91 Å². The summed E-state index contributed by atoms with van der Waals surface area (Å²) < 4.78 is 5.89. The molecule has 1 unspecified atom stereocenters. The molecule has 0 fully saturated rings. The van der Waals surface area contributed by atoms with E-state index >= 15 is 0 Å². The third kappa shape index (κ3) is 7.57. The summed E-state index contributed by atoms with van der Waals surface area (Å²) >= 11 is 1.59. The van der Waals surface area contributed by atoms with Crippen molar-refractivity contribution in [3.05, 3.63) is 87.4 Å². The zero-order valence-corrected chi connectivity index (χ0v) is 19.9. The number of ether oxygens (including phenoxy) is 1. The summed E-state index contributed by atoms with van der Waals surface area (Å²) in [7, 11) is 0. The van der Waals surface area contributed by atoms with Gasteiger partial charge in [-0.1, -0.05) is 37.3 Å². The molecule has 1 atom stereocenters. The quantitative estimate of drug-likeness (QED) is 0.420. The Balaban J connectivity index is 1.55. The number of para-hydroxylation sites is 1. The van der Waals surface area contributed by atoms with Crippen molar-refractivity contribution in [2.24, 2.45) is 0 Å². The van der Waals surface area contributed by atoms with Gasteiger partial charge in [-0.05, 0) is 50.1 Å². The number of nitrogens with one attached hydrogen (secondary N) is 2. The average Bonchev–Trinajstić information content (AvgIpc) is 3.25. The van der Waals surface area contributed by atoms with E-state index in [1.807, 2.05) is 62.5 Å². The summed E-state index contributed by atoms with van der Waals surface area (Å²) in [6.07, 6.45) is 4.08. The molecule has 2 amide bonds. The fourth-order valence-corrected chi connectivity index (χ4v) is 3.62. The summed E-state index contributed by atoms with van der Waals surface area (Å²) in [5.74, 6) is 0.350. The molecule has 0 aliphatic rings. The number of hydrogen-bond donors (Lipinski definition) is 2. The van der Waals surface area contributed by atoms with Crippen molar-refractivity contribution in [2.75, 3.05) is 0 Å². The number of amides is 2. The number of carbonyl (C=O) groups excluding carboxylic acids is 2. The van der Waals surface area contributed by atoms with Crippen LogP contribution in [0.25, 0.3) is 6.08 Å². The molecule has 0 spiro atoms. The standard InChI is InChI=1S/C26H29N3O3S/c1-4-18(2)28-26(31)22-10-7-8-20(14-22)15-27-25(30)13-12-21-9-5-6-11-24(21)32-16-23-17-33-19(3)29-23/h5-14,17-18H,4,15-16H2,1-3H3,(H,27,30)(H,28,31)/b13-12+. The fourth-order valence-electron chi connectivity index (χ4n) is 3.02. The van der Waals surface area contributed by atoms with E-state index in [0.717, 1.165) is 28.2 Å². The van der Waals surface area contributed by atoms with Crippen LogP contribution in [0.4, 0.5) is 0 Å². The lowest BCUT2D eigenvalue weighted by Crippen LogP contribution is -2.32. The lowest BCUT2D eigenvalue weighted by molar-refractivity contribution is -0.116. The summed E-state index contributed by atoms with van der Waals surface area (Å²) in [4.78, 5) is 29.1. The molecule has 1 heterocycles. The van der Waals surface area contributed by atoms with Gasteiger partial charge in [0.1, 0.15) is 12.4 Å². The van der Waals surface area contributed by atoms with Crippen LogP contribution in [0.5, 0.6) is 5.75 Å². The average molecular weight is 464 g/mol. The Bertz CT molecular complexity index is 1120. The van der Waals surface area contributed by atoms with Gasteiger partial charge >= 0.3 is 0 Å². The van der Waals surface area contributed by atoms with Gasteiger partial charge in [0.05, 0.1) is 10.7 Å². The van der Waals surface area contributed by atoms with Crippen LogP contribution in [0.3, 0.4) is 0 Å². The summed E-state index contributed by atoms with van der Waals surface area (Å²) in [5.41, 5.74) is 3.13. The smallest absolute Gasteiger partial charge is 0.251 e. The van der Waals surface area contributed by atoms with E-state index in [1.54, 1.807) is 29.5 Å². The van der Waals surface area contributed by atoms with Crippen LogP contribution < -0.4 is 15.4 Å². The predicted molar refractivity (Wildman–Crippen MR) is 132 cm³/mol. The molecule has 0 bridgehead atoms. The lowest BCUT2D eigenvalue weighted by atomic mass is 10.1. The molecule has 0 aliphatic carbocycles. The van der Waals surface area contributed by atoms with Crippen molar-refractivity contribution < 1.29 is 14.3 Å². The lowest BCUT2D eigenvalue weighted by Gasteiger charge is -2.12. The van der Waals surface area contributed by atoms with Gasteiger partial charge in [-0.3, -0.25) is 9.59 Å². The molecule has 0 saturated heterocycles. The molecule has 7 heteroatoms. The summed E-state index contributed by atoms with van der Waals surface area (Å²) in [6.45, 7) is 6.66. The molecule has 2 N–H and O–H groups in total. The van der Waals surface area contributed by atoms with Crippen molar-refractivity contribution >= 4 is 29.2 Å². The highest BCUT2D eigenvalue weighted by Crippen LogP contribution is 2.21. The van der Waals surface area contributed by atoms with Gasteiger partial charge in [-0.2, -0.15) is 0 Å². The molecular formula is C26H29N3O3S. The molecule has 0 saturated carbocycles. The molecule has 3 rings (SSSR count). The number of carbonyl (C=O) groups is 2. The van der Waals surface area contributed by atoms with Gasteiger partial charge in [0.2, 0.25) is 5.91 Å². The zero-order chi connectivity index (χ0) is 23.6. The van der Waals surface area contributed by atoms with Crippen LogP contribution in [0, 0.1) is 6.92 Å².